The van der Waals surface area contributed by atoms with E-state index in [1.165, 1.54) is 16.4 Å². The fourth-order valence-electron chi connectivity index (χ4n) is 4.16. The van der Waals surface area contributed by atoms with E-state index in [1.807, 2.05) is 25.1 Å². The summed E-state index contributed by atoms with van der Waals surface area (Å²) in [6.07, 6.45) is 1.85. The van der Waals surface area contributed by atoms with Crippen molar-refractivity contribution in [2.75, 3.05) is 37.0 Å². The summed E-state index contributed by atoms with van der Waals surface area (Å²) in [5, 5.41) is 2.81. The predicted molar refractivity (Wildman–Crippen MR) is 121 cm³/mol. The van der Waals surface area contributed by atoms with Crippen molar-refractivity contribution < 1.29 is 22.7 Å². The molecular formula is C23H27N3O5S. The number of methoxy groups -OCH3 is 1. The number of nitrogens with zero attached hydrogens (tertiary/aromatic N) is 2. The molecule has 0 aromatic heterocycles. The van der Waals surface area contributed by atoms with Crippen molar-refractivity contribution >= 4 is 33.2 Å². The highest BCUT2D eigenvalue weighted by Crippen LogP contribution is 2.34. The number of carbonyl (C=O) groups excluding carboxylic acids is 2. The summed E-state index contributed by atoms with van der Waals surface area (Å²) in [4.78, 5) is 27.2. The van der Waals surface area contributed by atoms with Crippen molar-refractivity contribution in [3.05, 3.63) is 48.0 Å². The third-order valence-electron chi connectivity index (χ3n) is 5.95. The largest absolute Gasteiger partial charge is 0.495 e. The van der Waals surface area contributed by atoms with Crippen LogP contribution < -0.4 is 15.0 Å². The number of anilines is 2. The molecule has 2 saturated heterocycles. The lowest BCUT2D eigenvalue weighted by Gasteiger charge is -2.20. The van der Waals surface area contributed by atoms with Crippen LogP contribution in [0.3, 0.4) is 0 Å². The Balaban J connectivity index is 1.43. The Hall–Kier alpha value is -2.91. The fraction of sp³-hybridized carbons (Fsp3) is 0.391. The molecule has 8 nitrogen and oxygen atoms in total. The first kappa shape index (κ1) is 22.3. The zero-order valence-electron chi connectivity index (χ0n) is 18.2. The monoisotopic (exact) mass is 457 g/mol. The van der Waals surface area contributed by atoms with Crippen LogP contribution in [0, 0.1) is 12.8 Å². The van der Waals surface area contributed by atoms with Crippen LogP contribution in [0.15, 0.2) is 47.4 Å². The topological polar surface area (TPSA) is 96.0 Å². The Labute approximate surface area is 188 Å². The van der Waals surface area contributed by atoms with Gasteiger partial charge in [-0.1, -0.05) is 6.07 Å². The summed E-state index contributed by atoms with van der Waals surface area (Å²) >= 11 is 0. The van der Waals surface area contributed by atoms with Crippen LogP contribution in [-0.4, -0.2) is 51.3 Å². The number of ether oxygens (including phenoxy) is 1. The predicted octanol–water partition coefficient (Wildman–Crippen LogP) is 2.78. The lowest BCUT2D eigenvalue weighted by atomic mass is 10.1. The van der Waals surface area contributed by atoms with Gasteiger partial charge in [0, 0.05) is 31.7 Å². The third kappa shape index (κ3) is 4.35. The lowest BCUT2D eigenvalue weighted by Crippen LogP contribution is -2.28. The molecule has 2 aliphatic heterocycles. The minimum Gasteiger partial charge on any atom is -0.495 e. The average molecular weight is 458 g/mol. The number of amides is 2. The molecule has 2 amide bonds. The van der Waals surface area contributed by atoms with Crippen LogP contribution in [0.5, 0.6) is 5.75 Å². The van der Waals surface area contributed by atoms with Crippen LogP contribution >= 0.6 is 0 Å². The molecule has 2 fully saturated rings. The van der Waals surface area contributed by atoms with Gasteiger partial charge in [-0.3, -0.25) is 9.59 Å². The molecular weight excluding hydrogens is 430 g/mol. The number of benzene rings is 2. The van der Waals surface area contributed by atoms with Crippen molar-refractivity contribution in [1.82, 2.24) is 4.31 Å². The van der Waals surface area contributed by atoms with Crippen molar-refractivity contribution in [3.8, 4) is 5.75 Å². The second kappa shape index (κ2) is 8.91. The SMILES string of the molecule is COc1ccc(C)cc1N1C[C@H](C(=O)Nc2ccc(S(=O)(=O)N3CCCC3)cc2)CC1=O. The van der Waals surface area contributed by atoms with Crippen LogP contribution in [0.25, 0.3) is 0 Å². The fourth-order valence-corrected chi connectivity index (χ4v) is 5.68. The van der Waals surface area contributed by atoms with Gasteiger partial charge in [-0.2, -0.15) is 4.31 Å². The molecule has 9 heteroatoms. The van der Waals surface area contributed by atoms with Gasteiger partial charge in [0.25, 0.3) is 0 Å². The minimum absolute atomic E-state index is 0.102. The van der Waals surface area contributed by atoms with E-state index in [0.29, 0.717) is 30.2 Å². The van der Waals surface area contributed by atoms with Crippen molar-refractivity contribution in [3.63, 3.8) is 0 Å². The maximum absolute atomic E-state index is 12.8. The van der Waals surface area contributed by atoms with Gasteiger partial charge in [0.15, 0.2) is 0 Å². The summed E-state index contributed by atoms with van der Waals surface area (Å²) in [5.41, 5.74) is 2.14. The maximum atomic E-state index is 12.8. The number of nitrogens with one attached hydrogen (secondary N) is 1. The number of carbonyl (C=O) groups is 2. The number of hydrogen-bond donors (Lipinski definition) is 1. The van der Waals surface area contributed by atoms with Crippen LogP contribution in [0.2, 0.25) is 0 Å². The molecule has 0 unspecified atom stereocenters. The number of hydrogen-bond acceptors (Lipinski definition) is 5. The smallest absolute Gasteiger partial charge is 0.243 e. The molecule has 1 atom stereocenters. The molecule has 2 heterocycles. The van der Waals surface area contributed by atoms with E-state index in [4.69, 9.17) is 4.74 Å². The first-order valence-electron chi connectivity index (χ1n) is 10.7. The van der Waals surface area contributed by atoms with Crippen molar-refractivity contribution in [1.29, 1.82) is 0 Å². The highest BCUT2D eigenvalue weighted by atomic mass is 32.2. The molecule has 0 aliphatic carbocycles. The summed E-state index contributed by atoms with van der Waals surface area (Å²) in [6, 6.07) is 11.8. The van der Waals surface area contributed by atoms with Crippen molar-refractivity contribution in [2.45, 2.75) is 31.1 Å². The molecule has 2 aromatic carbocycles. The Morgan fingerprint density at radius 1 is 1.09 bits per heavy atom. The van der Waals surface area contributed by atoms with Gasteiger partial charge >= 0.3 is 0 Å². The highest BCUT2D eigenvalue weighted by Gasteiger charge is 2.36. The van der Waals surface area contributed by atoms with E-state index in [2.05, 4.69) is 5.32 Å². The molecule has 170 valence electrons. The third-order valence-corrected chi connectivity index (χ3v) is 7.86. The molecule has 0 saturated carbocycles. The lowest BCUT2D eigenvalue weighted by molar-refractivity contribution is -0.122. The number of rotatable bonds is 6. The molecule has 0 bridgehead atoms. The Kier molecular flexibility index (Phi) is 6.21. The van der Waals surface area contributed by atoms with E-state index in [-0.39, 0.29) is 29.7 Å². The average Bonchev–Trinajstić information content (AvgIpc) is 3.44. The molecule has 2 aliphatic rings. The second-order valence-corrected chi connectivity index (χ2v) is 10.1. The van der Waals surface area contributed by atoms with Gasteiger partial charge in [0.05, 0.1) is 23.6 Å². The van der Waals surface area contributed by atoms with E-state index < -0.39 is 15.9 Å². The van der Waals surface area contributed by atoms with Gasteiger partial charge in [0.1, 0.15) is 5.75 Å². The Morgan fingerprint density at radius 2 is 1.78 bits per heavy atom. The van der Waals surface area contributed by atoms with Crippen molar-refractivity contribution in [2.24, 2.45) is 5.92 Å². The van der Waals surface area contributed by atoms with E-state index in [0.717, 1.165) is 18.4 Å². The zero-order chi connectivity index (χ0) is 22.9. The highest BCUT2D eigenvalue weighted by molar-refractivity contribution is 7.89. The number of aryl methyl sites for hydroxylation is 1. The summed E-state index contributed by atoms with van der Waals surface area (Å²) in [5.74, 6) is -0.343. The molecule has 1 N–H and O–H groups in total. The summed E-state index contributed by atoms with van der Waals surface area (Å²) in [6.45, 7) is 3.27. The summed E-state index contributed by atoms with van der Waals surface area (Å²) in [7, 11) is -1.95. The zero-order valence-corrected chi connectivity index (χ0v) is 19.0. The van der Waals surface area contributed by atoms with Gasteiger partial charge in [0.2, 0.25) is 21.8 Å². The first-order valence-corrected chi connectivity index (χ1v) is 12.1. The van der Waals surface area contributed by atoms with E-state index >= 15 is 0 Å². The summed E-state index contributed by atoms with van der Waals surface area (Å²) < 4.78 is 32.2. The quantitative estimate of drug-likeness (QED) is 0.720. The van der Waals surface area contributed by atoms with Crippen LogP contribution in [-0.2, 0) is 19.6 Å². The van der Waals surface area contributed by atoms with E-state index in [1.54, 1.807) is 24.1 Å². The molecule has 0 radical (unpaired) electrons. The number of sulfonamides is 1. The molecule has 4 rings (SSSR count). The Morgan fingerprint density at radius 3 is 2.44 bits per heavy atom. The van der Waals surface area contributed by atoms with Gasteiger partial charge in [-0.25, -0.2) is 8.42 Å². The standard InChI is InChI=1S/C23H27N3O5S/c1-16-5-10-21(31-2)20(13-16)26-15-17(14-22(26)27)23(28)24-18-6-8-19(9-7-18)32(29,30)25-11-3-4-12-25/h5-10,13,17H,3-4,11-12,14-15H2,1-2H3,(H,24,28)/t17-/m1/s1. The van der Waals surface area contributed by atoms with Gasteiger partial charge in [-0.05, 0) is 61.7 Å². The molecule has 32 heavy (non-hydrogen) atoms. The van der Waals surface area contributed by atoms with Gasteiger partial charge in [-0.15, -0.1) is 0 Å². The van der Waals surface area contributed by atoms with Crippen LogP contribution in [0.4, 0.5) is 11.4 Å². The Bertz CT molecular complexity index is 1120. The van der Waals surface area contributed by atoms with Crippen LogP contribution in [0.1, 0.15) is 24.8 Å². The van der Waals surface area contributed by atoms with E-state index in [9.17, 15) is 18.0 Å². The minimum atomic E-state index is -3.50. The maximum Gasteiger partial charge on any atom is 0.243 e. The second-order valence-electron chi connectivity index (χ2n) is 8.21. The first-order chi connectivity index (χ1) is 15.3. The molecule has 2 aromatic rings. The molecule has 0 spiro atoms. The normalized spacial score (nSPS) is 19.4. The van der Waals surface area contributed by atoms with Gasteiger partial charge < -0.3 is 15.0 Å².